The van der Waals surface area contributed by atoms with Crippen molar-refractivity contribution in [3.8, 4) is 5.75 Å². The zero-order chi connectivity index (χ0) is 17.3. The molecule has 2 aromatic rings. The Labute approximate surface area is 135 Å². The highest BCUT2D eigenvalue weighted by atomic mass is 16.5. The summed E-state index contributed by atoms with van der Waals surface area (Å²) >= 11 is 0. The molecule has 0 spiro atoms. The molecular weight excluding hydrogens is 316 g/mol. The molecule has 1 fully saturated rings. The number of hydrogen-bond acceptors (Lipinski definition) is 6. The Morgan fingerprint density at radius 3 is 2.79 bits per heavy atom. The van der Waals surface area contributed by atoms with Gasteiger partial charge in [-0.2, -0.15) is 0 Å². The first-order chi connectivity index (χ1) is 11.5. The smallest absolute Gasteiger partial charge is 0.349 e. The number of hydrogen-bond donors (Lipinski definition) is 2. The molecule has 1 atom stereocenters. The normalized spacial score (nSPS) is 17.5. The van der Waals surface area contributed by atoms with E-state index in [-0.39, 0.29) is 29.9 Å². The van der Waals surface area contributed by atoms with E-state index in [4.69, 9.17) is 9.15 Å². The van der Waals surface area contributed by atoms with Crippen molar-refractivity contribution < 1.29 is 23.5 Å². The summed E-state index contributed by atoms with van der Waals surface area (Å²) in [5, 5.41) is 5.13. The van der Waals surface area contributed by atoms with E-state index in [0.717, 1.165) is 0 Å². The van der Waals surface area contributed by atoms with Crippen LogP contribution in [-0.2, 0) is 9.59 Å². The monoisotopic (exact) mass is 330 g/mol. The van der Waals surface area contributed by atoms with E-state index in [2.05, 4.69) is 10.6 Å². The number of imide groups is 1. The summed E-state index contributed by atoms with van der Waals surface area (Å²) in [6.07, 6.45) is 0.315. The van der Waals surface area contributed by atoms with E-state index < -0.39 is 23.5 Å². The van der Waals surface area contributed by atoms with Crippen LogP contribution in [0.15, 0.2) is 33.5 Å². The highest BCUT2D eigenvalue weighted by Gasteiger charge is 2.29. The quantitative estimate of drug-likeness (QED) is 0.619. The number of nitrogens with one attached hydrogen (secondary N) is 2. The van der Waals surface area contributed by atoms with Crippen molar-refractivity contribution in [2.45, 2.75) is 18.9 Å². The second kappa shape index (κ2) is 6.15. The predicted octanol–water partition coefficient (Wildman–Crippen LogP) is 0.337. The highest BCUT2D eigenvalue weighted by molar-refractivity contribution is 6.04. The molecule has 1 aliphatic heterocycles. The van der Waals surface area contributed by atoms with Crippen LogP contribution in [0.3, 0.4) is 0 Å². The number of carbonyl (C=O) groups excluding carboxylic acids is 3. The summed E-state index contributed by atoms with van der Waals surface area (Å²) in [6.45, 7) is 0. The number of amides is 3. The Morgan fingerprint density at radius 2 is 2.08 bits per heavy atom. The van der Waals surface area contributed by atoms with Crippen LogP contribution in [0.5, 0.6) is 5.75 Å². The van der Waals surface area contributed by atoms with Gasteiger partial charge in [-0.15, -0.1) is 0 Å². The van der Waals surface area contributed by atoms with Gasteiger partial charge >= 0.3 is 5.63 Å². The molecule has 2 heterocycles. The molecule has 124 valence electrons. The first-order valence-electron chi connectivity index (χ1n) is 7.24. The Hall–Kier alpha value is -3.16. The minimum Gasteiger partial charge on any atom is -0.497 e. The van der Waals surface area contributed by atoms with Gasteiger partial charge in [0.1, 0.15) is 22.9 Å². The van der Waals surface area contributed by atoms with Crippen molar-refractivity contribution in [1.82, 2.24) is 10.6 Å². The fourth-order valence-electron chi connectivity index (χ4n) is 2.44. The van der Waals surface area contributed by atoms with Crippen LogP contribution in [-0.4, -0.2) is 30.9 Å². The summed E-state index contributed by atoms with van der Waals surface area (Å²) in [4.78, 5) is 47.1. The van der Waals surface area contributed by atoms with E-state index in [9.17, 15) is 19.2 Å². The maximum absolute atomic E-state index is 12.3. The maximum Gasteiger partial charge on any atom is 0.349 e. The second-order valence-electron chi connectivity index (χ2n) is 5.33. The van der Waals surface area contributed by atoms with Gasteiger partial charge in [0, 0.05) is 17.9 Å². The van der Waals surface area contributed by atoms with E-state index in [1.165, 1.54) is 13.2 Å². The summed E-state index contributed by atoms with van der Waals surface area (Å²) in [6, 6.07) is 5.39. The summed E-state index contributed by atoms with van der Waals surface area (Å²) in [5.41, 5.74) is -0.741. The van der Waals surface area contributed by atoms with Gasteiger partial charge in [0.2, 0.25) is 11.8 Å². The van der Waals surface area contributed by atoms with E-state index >= 15 is 0 Å². The van der Waals surface area contributed by atoms with Crippen molar-refractivity contribution in [2.24, 2.45) is 0 Å². The average Bonchev–Trinajstić information content (AvgIpc) is 2.56. The number of rotatable bonds is 3. The van der Waals surface area contributed by atoms with Gasteiger partial charge in [-0.3, -0.25) is 19.7 Å². The highest BCUT2D eigenvalue weighted by Crippen LogP contribution is 2.20. The third-order valence-corrected chi connectivity index (χ3v) is 3.73. The molecule has 0 bridgehead atoms. The fraction of sp³-hybridized carbons (Fsp3) is 0.250. The summed E-state index contributed by atoms with van der Waals surface area (Å²) in [5.74, 6) is -1.18. The zero-order valence-corrected chi connectivity index (χ0v) is 12.8. The lowest BCUT2D eigenvalue weighted by atomic mass is 10.1. The number of carbonyl (C=O) groups is 3. The van der Waals surface area contributed by atoms with Gasteiger partial charge in [-0.05, 0) is 24.6 Å². The third-order valence-electron chi connectivity index (χ3n) is 3.73. The van der Waals surface area contributed by atoms with Crippen LogP contribution >= 0.6 is 0 Å². The molecule has 8 nitrogen and oxygen atoms in total. The molecule has 1 aliphatic rings. The standard InChI is InChI=1S/C16H14N2O6/c1-23-9-3-2-8-6-10(16(22)24-12(8)7-9)14(20)17-11-4-5-13(19)18-15(11)21/h2-3,6-7,11H,4-5H2,1H3,(H,17,20)(H,18,19,21). The number of ether oxygens (including phenoxy) is 1. The van der Waals surface area contributed by atoms with Gasteiger partial charge in [-0.1, -0.05) is 0 Å². The largest absolute Gasteiger partial charge is 0.497 e. The van der Waals surface area contributed by atoms with Crippen molar-refractivity contribution in [3.63, 3.8) is 0 Å². The summed E-state index contributed by atoms with van der Waals surface area (Å²) < 4.78 is 10.2. The molecular formula is C16H14N2O6. The van der Waals surface area contributed by atoms with E-state index in [1.807, 2.05) is 0 Å². The minimum absolute atomic E-state index is 0.128. The van der Waals surface area contributed by atoms with Crippen LogP contribution in [0, 0.1) is 0 Å². The van der Waals surface area contributed by atoms with Crippen molar-refractivity contribution in [1.29, 1.82) is 0 Å². The Morgan fingerprint density at radius 1 is 1.29 bits per heavy atom. The van der Waals surface area contributed by atoms with Gasteiger partial charge in [0.25, 0.3) is 5.91 Å². The molecule has 1 aromatic heterocycles. The van der Waals surface area contributed by atoms with Gasteiger partial charge in [-0.25, -0.2) is 4.79 Å². The predicted molar refractivity (Wildman–Crippen MR) is 82.7 cm³/mol. The molecule has 24 heavy (non-hydrogen) atoms. The van der Waals surface area contributed by atoms with Crippen LogP contribution in [0.4, 0.5) is 0 Å². The molecule has 1 saturated heterocycles. The van der Waals surface area contributed by atoms with Crippen LogP contribution in [0.1, 0.15) is 23.2 Å². The number of fused-ring (bicyclic) bond motifs is 1. The molecule has 3 rings (SSSR count). The SMILES string of the molecule is COc1ccc2cc(C(=O)NC3CCC(=O)NC3=O)c(=O)oc2c1. The Balaban J connectivity index is 1.87. The van der Waals surface area contributed by atoms with Gasteiger partial charge in [0.15, 0.2) is 0 Å². The molecule has 8 heteroatoms. The summed E-state index contributed by atoms with van der Waals surface area (Å²) in [7, 11) is 1.49. The molecule has 1 aromatic carbocycles. The Kier molecular flexibility index (Phi) is 4.03. The van der Waals surface area contributed by atoms with Crippen LogP contribution in [0.2, 0.25) is 0 Å². The first kappa shape index (κ1) is 15.7. The molecule has 1 unspecified atom stereocenters. The number of methoxy groups -OCH3 is 1. The third kappa shape index (κ3) is 2.98. The van der Waals surface area contributed by atoms with Crippen molar-refractivity contribution in [3.05, 3.63) is 40.2 Å². The van der Waals surface area contributed by atoms with Gasteiger partial charge < -0.3 is 14.5 Å². The minimum atomic E-state index is -0.860. The van der Waals surface area contributed by atoms with E-state index in [0.29, 0.717) is 11.1 Å². The molecule has 0 saturated carbocycles. The van der Waals surface area contributed by atoms with Crippen LogP contribution < -0.4 is 21.0 Å². The second-order valence-corrected chi connectivity index (χ2v) is 5.33. The number of piperidine rings is 1. The molecule has 2 N–H and O–H groups in total. The molecule has 0 radical (unpaired) electrons. The lowest BCUT2D eigenvalue weighted by Gasteiger charge is -2.21. The lowest BCUT2D eigenvalue weighted by molar-refractivity contribution is -0.134. The lowest BCUT2D eigenvalue weighted by Crippen LogP contribution is -2.52. The fourth-order valence-corrected chi connectivity index (χ4v) is 2.44. The average molecular weight is 330 g/mol. The zero-order valence-electron chi connectivity index (χ0n) is 12.8. The maximum atomic E-state index is 12.3. The number of benzene rings is 1. The van der Waals surface area contributed by atoms with Gasteiger partial charge in [0.05, 0.1) is 7.11 Å². The molecule has 0 aliphatic carbocycles. The van der Waals surface area contributed by atoms with E-state index in [1.54, 1.807) is 18.2 Å². The van der Waals surface area contributed by atoms with Crippen molar-refractivity contribution in [2.75, 3.05) is 7.11 Å². The van der Waals surface area contributed by atoms with Crippen molar-refractivity contribution >= 4 is 28.7 Å². The Bertz CT molecular complexity index is 901. The van der Waals surface area contributed by atoms with Crippen LogP contribution in [0.25, 0.3) is 11.0 Å². The first-order valence-corrected chi connectivity index (χ1v) is 7.24. The molecule has 3 amide bonds. The topological polar surface area (TPSA) is 115 Å².